The summed E-state index contributed by atoms with van der Waals surface area (Å²) in [4.78, 5) is 16.3. The van der Waals surface area contributed by atoms with E-state index in [1.807, 2.05) is 11.8 Å². The number of hydrogen-bond acceptors (Lipinski definition) is 5. The van der Waals surface area contributed by atoms with Crippen molar-refractivity contribution in [2.75, 3.05) is 24.7 Å². The Hall–Kier alpha value is -1.69. The molecule has 1 atom stereocenters. The first kappa shape index (κ1) is 10.8. The lowest BCUT2D eigenvalue weighted by Crippen LogP contribution is -2.43. The zero-order chi connectivity index (χ0) is 11.5. The number of hydrogen-bond donors (Lipinski definition) is 0. The van der Waals surface area contributed by atoms with Gasteiger partial charge < -0.3 is 9.64 Å². The summed E-state index contributed by atoms with van der Waals surface area (Å²) < 4.78 is 5.31. The molecule has 0 amide bonds. The van der Waals surface area contributed by atoms with E-state index < -0.39 is 4.92 Å². The molecule has 0 aromatic carbocycles. The van der Waals surface area contributed by atoms with Crippen LogP contribution in [0.4, 0.5) is 11.4 Å². The van der Waals surface area contributed by atoms with Crippen molar-refractivity contribution >= 4 is 11.4 Å². The molecule has 0 aliphatic carbocycles. The third-order valence-electron chi connectivity index (χ3n) is 2.65. The fraction of sp³-hybridized carbons (Fsp3) is 0.500. The van der Waals surface area contributed by atoms with E-state index in [9.17, 15) is 10.1 Å². The van der Waals surface area contributed by atoms with Crippen LogP contribution in [-0.2, 0) is 4.74 Å². The zero-order valence-electron chi connectivity index (χ0n) is 9.00. The maximum Gasteiger partial charge on any atom is 0.310 e. The summed E-state index contributed by atoms with van der Waals surface area (Å²) >= 11 is 0. The largest absolute Gasteiger partial charge is 0.377 e. The van der Waals surface area contributed by atoms with Crippen molar-refractivity contribution in [1.29, 1.82) is 0 Å². The molecule has 86 valence electrons. The van der Waals surface area contributed by atoms with Crippen LogP contribution in [-0.4, -0.2) is 35.7 Å². The van der Waals surface area contributed by atoms with E-state index >= 15 is 0 Å². The van der Waals surface area contributed by atoms with Gasteiger partial charge in [0.05, 0.1) is 18.1 Å². The third kappa shape index (κ3) is 1.96. The minimum Gasteiger partial charge on any atom is -0.377 e. The van der Waals surface area contributed by atoms with Crippen LogP contribution in [0, 0.1) is 10.1 Å². The molecule has 1 aromatic rings. The molecule has 1 aromatic heterocycles. The molecule has 0 N–H and O–H groups in total. The Morgan fingerprint density at radius 1 is 1.69 bits per heavy atom. The average Bonchev–Trinajstić information content (AvgIpc) is 2.29. The summed E-state index contributed by atoms with van der Waals surface area (Å²) in [6.07, 6.45) is 2.86. The molecule has 16 heavy (non-hydrogen) atoms. The normalized spacial score (nSPS) is 20.8. The van der Waals surface area contributed by atoms with E-state index in [1.54, 1.807) is 12.3 Å². The fourth-order valence-corrected chi connectivity index (χ4v) is 1.85. The Morgan fingerprint density at radius 2 is 2.50 bits per heavy atom. The second-order valence-electron chi connectivity index (χ2n) is 3.74. The van der Waals surface area contributed by atoms with E-state index in [1.165, 1.54) is 6.20 Å². The molecule has 1 saturated heterocycles. The molecule has 0 radical (unpaired) electrons. The Morgan fingerprint density at radius 3 is 3.19 bits per heavy atom. The van der Waals surface area contributed by atoms with Gasteiger partial charge >= 0.3 is 5.69 Å². The van der Waals surface area contributed by atoms with Gasteiger partial charge in [-0.3, -0.25) is 15.1 Å². The smallest absolute Gasteiger partial charge is 0.310 e. The van der Waals surface area contributed by atoms with Crippen LogP contribution in [0.3, 0.4) is 0 Å². The van der Waals surface area contributed by atoms with E-state index in [4.69, 9.17) is 4.74 Å². The lowest BCUT2D eigenvalue weighted by atomic mass is 10.2. The number of ether oxygens (including phenoxy) is 1. The summed E-state index contributed by atoms with van der Waals surface area (Å²) in [6, 6.07) is 1.83. The van der Waals surface area contributed by atoms with Crippen molar-refractivity contribution in [3.05, 3.63) is 28.6 Å². The Kier molecular flexibility index (Phi) is 3.00. The molecule has 0 saturated carbocycles. The van der Waals surface area contributed by atoms with Crippen LogP contribution in [0.5, 0.6) is 0 Å². The SMILES string of the molecule is C[C@@H]1COCCN1c1ccncc1[N+](=O)[O-]. The predicted octanol–water partition coefficient (Wildman–Crippen LogP) is 1.21. The van der Waals surface area contributed by atoms with Crippen molar-refractivity contribution in [3.63, 3.8) is 0 Å². The first-order valence-electron chi connectivity index (χ1n) is 5.13. The molecular formula is C10H13N3O3. The molecule has 0 spiro atoms. The van der Waals surface area contributed by atoms with Crippen molar-refractivity contribution in [1.82, 2.24) is 4.98 Å². The minimum absolute atomic E-state index is 0.0521. The molecule has 6 nitrogen and oxygen atoms in total. The highest BCUT2D eigenvalue weighted by Gasteiger charge is 2.25. The van der Waals surface area contributed by atoms with Crippen molar-refractivity contribution in [2.45, 2.75) is 13.0 Å². The summed E-state index contributed by atoms with van der Waals surface area (Å²) in [5, 5.41) is 10.9. The molecule has 0 unspecified atom stereocenters. The molecule has 0 bridgehead atoms. The Balaban J connectivity index is 2.34. The van der Waals surface area contributed by atoms with Gasteiger partial charge in [0.25, 0.3) is 0 Å². The second kappa shape index (κ2) is 4.44. The highest BCUT2D eigenvalue weighted by molar-refractivity contribution is 5.62. The standard InChI is InChI=1S/C10H13N3O3/c1-8-7-16-5-4-12(8)9-2-3-11-6-10(9)13(14)15/h2-3,6,8H,4-5,7H2,1H3/t8-/m1/s1. The average molecular weight is 223 g/mol. The highest BCUT2D eigenvalue weighted by Crippen LogP contribution is 2.28. The Labute approximate surface area is 93.0 Å². The predicted molar refractivity (Wildman–Crippen MR) is 58.5 cm³/mol. The van der Waals surface area contributed by atoms with E-state index in [0.29, 0.717) is 25.4 Å². The maximum atomic E-state index is 10.9. The Bertz CT molecular complexity index is 397. The van der Waals surface area contributed by atoms with Crippen molar-refractivity contribution < 1.29 is 9.66 Å². The number of pyridine rings is 1. The number of morpholine rings is 1. The van der Waals surface area contributed by atoms with Crippen LogP contribution in [0.2, 0.25) is 0 Å². The van der Waals surface area contributed by atoms with Gasteiger partial charge in [0.15, 0.2) is 0 Å². The summed E-state index contributed by atoms with van der Waals surface area (Å²) in [7, 11) is 0. The van der Waals surface area contributed by atoms with Gasteiger partial charge in [-0.05, 0) is 13.0 Å². The van der Waals surface area contributed by atoms with Crippen LogP contribution in [0.15, 0.2) is 18.5 Å². The molecule has 2 heterocycles. The number of nitrogens with zero attached hydrogens (tertiary/aromatic N) is 3. The van der Waals surface area contributed by atoms with Crippen LogP contribution in [0.25, 0.3) is 0 Å². The quantitative estimate of drug-likeness (QED) is 0.557. The number of aromatic nitrogens is 1. The molecule has 6 heteroatoms. The molecule has 1 fully saturated rings. The summed E-state index contributed by atoms with van der Waals surface area (Å²) in [5.74, 6) is 0. The minimum atomic E-state index is -0.398. The fourth-order valence-electron chi connectivity index (χ4n) is 1.85. The van der Waals surface area contributed by atoms with Gasteiger partial charge in [0.2, 0.25) is 0 Å². The van der Waals surface area contributed by atoms with Gasteiger partial charge in [-0.1, -0.05) is 0 Å². The summed E-state index contributed by atoms with van der Waals surface area (Å²) in [6.45, 7) is 3.86. The van der Waals surface area contributed by atoms with Crippen LogP contribution < -0.4 is 4.90 Å². The summed E-state index contributed by atoms with van der Waals surface area (Å²) in [5.41, 5.74) is 0.673. The van der Waals surface area contributed by atoms with E-state index in [0.717, 1.165) is 0 Å². The van der Waals surface area contributed by atoms with Gasteiger partial charge in [0, 0.05) is 18.8 Å². The lowest BCUT2D eigenvalue weighted by molar-refractivity contribution is -0.384. The van der Waals surface area contributed by atoms with Crippen LogP contribution in [0.1, 0.15) is 6.92 Å². The van der Waals surface area contributed by atoms with Gasteiger partial charge in [-0.15, -0.1) is 0 Å². The highest BCUT2D eigenvalue weighted by atomic mass is 16.6. The van der Waals surface area contributed by atoms with E-state index in [-0.39, 0.29) is 11.7 Å². The number of nitro groups is 1. The molecular weight excluding hydrogens is 210 g/mol. The monoisotopic (exact) mass is 223 g/mol. The molecule has 1 aliphatic heterocycles. The topological polar surface area (TPSA) is 68.5 Å². The van der Waals surface area contributed by atoms with Gasteiger partial charge in [-0.2, -0.15) is 0 Å². The molecule has 1 aliphatic rings. The zero-order valence-corrected chi connectivity index (χ0v) is 9.00. The number of rotatable bonds is 2. The third-order valence-corrected chi connectivity index (χ3v) is 2.65. The van der Waals surface area contributed by atoms with Gasteiger partial charge in [-0.25, -0.2) is 0 Å². The maximum absolute atomic E-state index is 10.9. The van der Waals surface area contributed by atoms with Gasteiger partial charge in [0.1, 0.15) is 11.9 Å². The van der Waals surface area contributed by atoms with E-state index in [2.05, 4.69) is 4.98 Å². The molecule has 2 rings (SSSR count). The second-order valence-corrected chi connectivity index (χ2v) is 3.74. The lowest BCUT2D eigenvalue weighted by Gasteiger charge is -2.34. The van der Waals surface area contributed by atoms with Crippen LogP contribution >= 0.6 is 0 Å². The number of anilines is 1. The van der Waals surface area contributed by atoms with Crippen molar-refractivity contribution in [3.8, 4) is 0 Å². The van der Waals surface area contributed by atoms with Crippen molar-refractivity contribution in [2.24, 2.45) is 0 Å². The first-order valence-corrected chi connectivity index (χ1v) is 5.13. The first-order chi connectivity index (χ1) is 7.70.